The number of rotatable bonds is 7. The Hall–Kier alpha value is -3.26. The van der Waals surface area contributed by atoms with Crippen molar-refractivity contribution in [3.63, 3.8) is 0 Å². The molecule has 0 heterocycles. The largest absolute Gasteiger partial charge is 0.497 e. The van der Waals surface area contributed by atoms with Gasteiger partial charge in [-0.05, 0) is 78.3 Å². The first-order valence-corrected chi connectivity index (χ1v) is 13.0. The Morgan fingerprint density at radius 1 is 0.806 bits per heavy atom. The fourth-order valence-corrected chi connectivity index (χ4v) is 3.31. The maximum absolute atomic E-state index is 5.22. The molecule has 0 radical (unpaired) electrons. The van der Waals surface area contributed by atoms with E-state index >= 15 is 0 Å². The van der Waals surface area contributed by atoms with Gasteiger partial charge in [0.2, 0.25) is 0 Å². The third-order valence-electron chi connectivity index (χ3n) is 5.03. The van der Waals surface area contributed by atoms with Crippen LogP contribution in [-0.2, 0) is 6.42 Å². The van der Waals surface area contributed by atoms with Crippen LogP contribution in [0.3, 0.4) is 0 Å². The summed E-state index contributed by atoms with van der Waals surface area (Å²) in [5.74, 6) is 2.42. The molecule has 0 saturated heterocycles. The molecule has 0 unspecified atom stereocenters. The van der Waals surface area contributed by atoms with E-state index in [-0.39, 0.29) is 0 Å². The molecule has 196 valence electrons. The molecule has 0 bridgehead atoms. The molecule has 0 amide bonds. The van der Waals surface area contributed by atoms with Crippen molar-refractivity contribution >= 4 is 12.2 Å². The van der Waals surface area contributed by atoms with Crippen LogP contribution in [0.2, 0.25) is 0 Å². The van der Waals surface area contributed by atoms with Gasteiger partial charge in [0.25, 0.3) is 0 Å². The van der Waals surface area contributed by atoms with E-state index in [1.54, 1.807) is 20.3 Å². The molecule has 36 heavy (non-hydrogen) atoms. The first kappa shape index (κ1) is 32.7. The second kappa shape index (κ2) is 20.0. The van der Waals surface area contributed by atoms with Crippen molar-refractivity contribution in [3.05, 3.63) is 107 Å². The lowest BCUT2D eigenvalue weighted by molar-refractivity contribution is 0.413. The highest BCUT2D eigenvalue weighted by molar-refractivity contribution is 5.70. The van der Waals surface area contributed by atoms with Crippen molar-refractivity contribution in [1.82, 2.24) is 0 Å². The summed E-state index contributed by atoms with van der Waals surface area (Å²) >= 11 is 0. The summed E-state index contributed by atoms with van der Waals surface area (Å²) in [5, 5.41) is 0. The lowest BCUT2D eigenvalue weighted by atomic mass is 10.0. The summed E-state index contributed by atoms with van der Waals surface area (Å²) < 4.78 is 10.4. The Labute approximate surface area is 221 Å². The molecule has 0 aromatic heterocycles. The van der Waals surface area contributed by atoms with Crippen molar-refractivity contribution in [2.45, 2.75) is 67.2 Å². The molecular weight excluding hydrogens is 440 g/mol. The van der Waals surface area contributed by atoms with Crippen molar-refractivity contribution in [2.75, 3.05) is 14.2 Å². The number of ether oxygens (including phenoxy) is 2. The predicted octanol–water partition coefficient (Wildman–Crippen LogP) is 10.2. The molecule has 3 aromatic rings. The van der Waals surface area contributed by atoms with Crippen LogP contribution >= 0.6 is 0 Å². The predicted molar refractivity (Wildman–Crippen MR) is 161 cm³/mol. The fourth-order valence-electron chi connectivity index (χ4n) is 3.31. The SMILES string of the molecule is C=CC.CC.CCCc1cccc(/C=C/c2cccc(OC)c2)c1.COc1cc(C)cc(C(C)C)c1. The van der Waals surface area contributed by atoms with Crippen LogP contribution in [-0.4, -0.2) is 14.2 Å². The monoisotopic (exact) mass is 488 g/mol. The van der Waals surface area contributed by atoms with Gasteiger partial charge in [0, 0.05) is 0 Å². The minimum absolute atomic E-state index is 0.568. The molecule has 3 aromatic carbocycles. The average Bonchev–Trinajstić information content (AvgIpc) is 2.89. The van der Waals surface area contributed by atoms with Crippen LogP contribution in [0, 0.1) is 6.92 Å². The zero-order valence-electron chi connectivity index (χ0n) is 24.1. The fraction of sp³-hybridized carbons (Fsp3) is 0.353. The van der Waals surface area contributed by atoms with E-state index < -0.39 is 0 Å². The number of hydrogen-bond acceptors (Lipinski definition) is 2. The quantitative estimate of drug-likeness (QED) is 0.243. The van der Waals surface area contributed by atoms with Gasteiger partial charge >= 0.3 is 0 Å². The Balaban J connectivity index is 0.000000618. The zero-order valence-corrected chi connectivity index (χ0v) is 24.1. The Morgan fingerprint density at radius 3 is 1.89 bits per heavy atom. The van der Waals surface area contributed by atoms with E-state index in [1.165, 1.54) is 28.7 Å². The summed E-state index contributed by atoms with van der Waals surface area (Å²) in [7, 11) is 3.40. The van der Waals surface area contributed by atoms with Gasteiger partial charge in [-0.25, -0.2) is 0 Å². The van der Waals surface area contributed by atoms with Gasteiger partial charge in [-0.3, -0.25) is 0 Å². The molecule has 0 atom stereocenters. The third kappa shape index (κ3) is 13.6. The van der Waals surface area contributed by atoms with Gasteiger partial charge in [0.05, 0.1) is 14.2 Å². The molecule has 0 aliphatic heterocycles. The number of aryl methyl sites for hydroxylation is 2. The lowest BCUT2D eigenvalue weighted by Crippen LogP contribution is -1.91. The minimum Gasteiger partial charge on any atom is -0.497 e. The number of benzene rings is 3. The third-order valence-corrected chi connectivity index (χ3v) is 5.03. The molecule has 0 aliphatic carbocycles. The smallest absolute Gasteiger partial charge is 0.119 e. The van der Waals surface area contributed by atoms with Crippen LogP contribution in [0.1, 0.15) is 81.7 Å². The highest BCUT2D eigenvalue weighted by Crippen LogP contribution is 2.22. The topological polar surface area (TPSA) is 18.5 Å². The van der Waals surface area contributed by atoms with Crippen LogP contribution in [0.15, 0.2) is 79.4 Å². The van der Waals surface area contributed by atoms with Gasteiger partial charge < -0.3 is 9.47 Å². The van der Waals surface area contributed by atoms with Crippen molar-refractivity contribution in [3.8, 4) is 11.5 Å². The standard InChI is InChI=1S/C18H20O.C11H16O.C3H6.C2H6/c1-3-6-15-7-4-8-16(13-15)11-12-17-9-5-10-18(14-17)19-2;1-8(2)10-5-9(3)6-11(7-10)12-4;1-3-2;1-2/h4-5,7-14H,3,6H2,1-2H3;5-8H,1-4H3;3H,1H2,2H3;1-2H3/b12-11+;;;. The van der Waals surface area contributed by atoms with Crippen LogP contribution in [0.25, 0.3) is 12.2 Å². The van der Waals surface area contributed by atoms with Crippen molar-refractivity contribution in [2.24, 2.45) is 0 Å². The maximum atomic E-state index is 5.22. The van der Waals surface area contributed by atoms with E-state index in [9.17, 15) is 0 Å². The van der Waals surface area contributed by atoms with Crippen LogP contribution in [0.4, 0.5) is 0 Å². The van der Waals surface area contributed by atoms with Gasteiger partial charge in [0.15, 0.2) is 0 Å². The summed E-state index contributed by atoms with van der Waals surface area (Å²) in [5.41, 5.74) is 6.40. The van der Waals surface area contributed by atoms with E-state index in [0.717, 1.165) is 23.5 Å². The Bertz CT molecular complexity index is 1020. The van der Waals surface area contributed by atoms with Crippen molar-refractivity contribution in [1.29, 1.82) is 0 Å². The summed E-state index contributed by atoms with van der Waals surface area (Å²) in [6, 6.07) is 23.1. The van der Waals surface area contributed by atoms with Gasteiger partial charge in [-0.1, -0.05) is 102 Å². The summed E-state index contributed by atoms with van der Waals surface area (Å²) in [6.07, 6.45) is 8.34. The summed E-state index contributed by atoms with van der Waals surface area (Å²) in [6.45, 7) is 17.9. The molecule has 0 saturated carbocycles. The van der Waals surface area contributed by atoms with E-state index in [2.05, 4.69) is 88.9 Å². The van der Waals surface area contributed by atoms with E-state index in [0.29, 0.717) is 5.92 Å². The lowest BCUT2D eigenvalue weighted by Gasteiger charge is -2.08. The number of hydrogen-bond donors (Lipinski definition) is 0. The number of allylic oxidation sites excluding steroid dienone is 1. The Morgan fingerprint density at radius 2 is 1.36 bits per heavy atom. The normalized spacial score (nSPS) is 9.72. The van der Waals surface area contributed by atoms with Gasteiger partial charge in [0.1, 0.15) is 11.5 Å². The van der Waals surface area contributed by atoms with Gasteiger partial charge in [-0.15, -0.1) is 6.58 Å². The molecule has 0 fully saturated rings. The van der Waals surface area contributed by atoms with Crippen LogP contribution in [0.5, 0.6) is 11.5 Å². The summed E-state index contributed by atoms with van der Waals surface area (Å²) in [4.78, 5) is 0. The highest BCUT2D eigenvalue weighted by atomic mass is 16.5. The zero-order chi connectivity index (χ0) is 27.3. The molecule has 0 spiro atoms. The molecule has 2 nitrogen and oxygen atoms in total. The second-order valence-electron chi connectivity index (χ2n) is 8.45. The number of methoxy groups -OCH3 is 2. The van der Waals surface area contributed by atoms with E-state index in [1.807, 2.05) is 45.0 Å². The minimum atomic E-state index is 0.568. The molecule has 2 heteroatoms. The second-order valence-corrected chi connectivity index (χ2v) is 8.45. The first-order valence-electron chi connectivity index (χ1n) is 13.0. The van der Waals surface area contributed by atoms with E-state index in [4.69, 9.17) is 9.47 Å². The van der Waals surface area contributed by atoms with Gasteiger partial charge in [-0.2, -0.15) is 0 Å². The van der Waals surface area contributed by atoms with Crippen molar-refractivity contribution < 1.29 is 9.47 Å². The molecule has 0 N–H and O–H groups in total. The Kier molecular flexibility index (Phi) is 18.2. The average molecular weight is 489 g/mol. The molecule has 3 rings (SSSR count). The molecular formula is C34H48O2. The maximum Gasteiger partial charge on any atom is 0.119 e. The molecule has 0 aliphatic rings. The highest BCUT2D eigenvalue weighted by Gasteiger charge is 2.01. The van der Waals surface area contributed by atoms with Crippen LogP contribution < -0.4 is 9.47 Å². The first-order chi connectivity index (χ1) is 17.4.